The van der Waals surface area contributed by atoms with Gasteiger partial charge in [-0.2, -0.15) is 0 Å². The number of alkyl carbamates (subject to hydrolysis) is 1. The molecule has 0 saturated heterocycles. The molecule has 4 nitrogen and oxygen atoms in total. The molecule has 1 fully saturated rings. The van der Waals surface area contributed by atoms with Crippen molar-refractivity contribution in [3.8, 4) is 0 Å². The molecule has 1 aliphatic carbocycles. The van der Waals surface area contributed by atoms with Gasteiger partial charge in [-0.3, -0.25) is 0 Å². The second kappa shape index (κ2) is 8.65. The zero-order chi connectivity index (χ0) is 18.4. The first-order valence-electron chi connectivity index (χ1n) is 9.23. The van der Waals surface area contributed by atoms with Crippen LogP contribution in [-0.2, 0) is 4.74 Å². The summed E-state index contributed by atoms with van der Waals surface area (Å²) < 4.78 is 18.4. The topological polar surface area (TPSA) is 50.4 Å². The van der Waals surface area contributed by atoms with Crippen molar-refractivity contribution in [1.29, 1.82) is 0 Å². The van der Waals surface area contributed by atoms with Crippen molar-refractivity contribution < 1.29 is 13.9 Å². The Bertz CT molecular complexity index is 554. The normalized spacial score (nSPS) is 22.3. The molecule has 1 aromatic rings. The first-order valence-corrected chi connectivity index (χ1v) is 9.23. The van der Waals surface area contributed by atoms with Crippen LogP contribution in [0.15, 0.2) is 24.3 Å². The van der Waals surface area contributed by atoms with Crippen molar-refractivity contribution in [2.45, 2.75) is 71.1 Å². The number of hydrogen-bond donors (Lipinski definition) is 2. The smallest absolute Gasteiger partial charge is 0.407 e. The predicted molar refractivity (Wildman–Crippen MR) is 97.9 cm³/mol. The molecule has 1 aliphatic rings. The maximum Gasteiger partial charge on any atom is 0.407 e. The summed E-state index contributed by atoms with van der Waals surface area (Å²) in [7, 11) is 0. The highest BCUT2D eigenvalue weighted by Gasteiger charge is 2.27. The maximum absolute atomic E-state index is 13.1. The van der Waals surface area contributed by atoms with Gasteiger partial charge in [-0.05, 0) is 64.2 Å². The Hall–Kier alpha value is -1.62. The molecule has 1 aromatic carbocycles. The van der Waals surface area contributed by atoms with Crippen molar-refractivity contribution in [3.63, 3.8) is 0 Å². The summed E-state index contributed by atoms with van der Waals surface area (Å²) in [5.41, 5.74) is 0.594. The van der Waals surface area contributed by atoms with Crippen LogP contribution < -0.4 is 10.6 Å². The van der Waals surface area contributed by atoms with Crippen LogP contribution in [-0.4, -0.2) is 24.3 Å². The number of halogens is 1. The van der Waals surface area contributed by atoms with Crippen molar-refractivity contribution in [2.24, 2.45) is 5.92 Å². The zero-order valence-corrected chi connectivity index (χ0v) is 15.8. The molecule has 2 N–H and O–H groups in total. The number of rotatable bonds is 5. The zero-order valence-electron chi connectivity index (χ0n) is 15.8. The first-order chi connectivity index (χ1) is 11.7. The number of hydrogen-bond acceptors (Lipinski definition) is 3. The first kappa shape index (κ1) is 19.7. The van der Waals surface area contributed by atoms with Gasteiger partial charge in [-0.1, -0.05) is 25.0 Å². The molecule has 0 bridgehead atoms. The van der Waals surface area contributed by atoms with Crippen LogP contribution in [0.2, 0.25) is 0 Å². The molecule has 0 aromatic heterocycles. The van der Waals surface area contributed by atoms with Crippen molar-refractivity contribution >= 4 is 6.09 Å². The lowest BCUT2D eigenvalue weighted by Crippen LogP contribution is -2.45. The van der Waals surface area contributed by atoms with Gasteiger partial charge in [0.1, 0.15) is 11.4 Å². The molecule has 0 heterocycles. The highest BCUT2D eigenvalue weighted by atomic mass is 19.1. The summed E-state index contributed by atoms with van der Waals surface area (Å²) in [5.74, 6) is 0.164. The standard InChI is InChI=1S/C20H31FN2O2/c1-14(15-9-11-17(21)12-10-15)23-18-8-6-5-7-16(18)13-22-19(24)25-20(2,3)4/h9-12,14,16,18,23H,5-8,13H2,1-4H3,(H,22,24)/t14-,16?,18?/m1/s1. The van der Waals surface area contributed by atoms with Crippen LogP contribution in [0.5, 0.6) is 0 Å². The molecule has 25 heavy (non-hydrogen) atoms. The lowest BCUT2D eigenvalue weighted by atomic mass is 9.83. The van der Waals surface area contributed by atoms with Crippen molar-refractivity contribution in [3.05, 3.63) is 35.6 Å². The number of ether oxygens (including phenoxy) is 1. The molecule has 1 amide bonds. The average Bonchev–Trinajstić information content (AvgIpc) is 2.53. The molecule has 2 unspecified atom stereocenters. The molecule has 1 saturated carbocycles. The fraction of sp³-hybridized carbons (Fsp3) is 0.650. The summed E-state index contributed by atoms with van der Waals surface area (Å²) in [6.45, 7) is 8.30. The van der Waals surface area contributed by atoms with Crippen molar-refractivity contribution in [2.75, 3.05) is 6.54 Å². The average molecular weight is 350 g/mol. The van der Waals surface area contributed by atoms with E-state index in [2.05, 4.69) is 17.6 Å². The van der Waals surface area contributed by atoms with Crippen LogP contribution in [0.4, 0.5) is 9.18 Å². The molecule has 140 valence electrons. The lowest BCUT2D eigenvalue weighted by molar-refractivity contribution is 0.0510. The van der Waals surface area contributed by atoms with Crippen LogP contribution in [0, 0.1) is 11.7 Å². The molecule has 0 spiro atoms. The van der Waals surface area contributed by atoms with Gasteiger partial charge in [0, 0.05) is 18.6 Å². The molecular weight excluding hydrogens is 319 g/mol. The van der Waals surface area contributed by atoms with Gasteiger partial charge < -0.3 is 15.4 Å². The van der Waals surface area contributed by atoms with E-state index in [0.29, 0.717) is 18.5 Å². The molecule has 3 atom stereocenters. The Morgan fingerprint density at radius 2 is 1.88 bits per heavy atom. The second-order valence-corrected chi connectivity index (χ2v) is 7.97. The predicted octanol–water partition coefficient (Wildman–Crippen LogP) is 4.56. The third kappa shape index (κ3) is 6.65. The minimum atomic E-state index is -0.481. The summed E-state index contributed by atoms with van der Waals surface area (Å²) in [6.07, 6.45) is 4.19. The van der Waals surface area contributed by atoms with Gasteiger partial charge in [0.05, 0.1) is 0 Å². The maximum atomic E-state index is 13.1. The van der Waals surface area contributed by atoms with E-state index in [4.69, 9.17) is 4.74 Å². The van der Waals surface area contributed by atoms with Gasteiger partial charge in [0.2, 0.25) is 0 Å². The minimum Gasteiger partial charge on any atom is -0.444 e. The number of amides is 1. The number of benzene rings is 1. The van der Waals surface area contributed by atoms with E-state index in [1.165, 1.54) is 25.0 Å². The van der Waals surface area contributed by atoms with E-state index in [0.717, 1.165) is 18.4 Å². The Balaban J connectivity index is 1.89. The van der Waals surface area contributed by atoms with Gasteiger partial charge in [-0.25, -0.2) is 9.18 Å². The van der Waals surface area contributed by atoms with E-state index in [9.17, 15) is 9.18 Å². The molecule has 0 aliphatic heterocycles. The Labute approximate surface area is 150 Å². The summed E-state index contributed by atoms with van der Waals surface area (Å²) in [4.78, 5) is 11.9. The van der Waals surface area contributed by atoms with Gasteiger partial charge in [0.25, 0.3) is 0 Å². The van der Waals surface area contributed by atoms with E-state index < -0.39 is 5.60 Å². The minimum absolute atomic E-state index is 0.146. The number of carbonyl (C=O) groups excluding carboxylic acids is 1. The molecule has 5 heteroatoms. The third-order valence-electron chi connectivity index (χ3n) is 4.65. The Kier molecular flexibility index (Phi) is 6.82. The Morgan fingerprint density at radius 1 is 1.24 bits per heavy atom. The summed E-state index contributed by atoms with van der Waals surface area (Å²) in [6, 6.07) is 7.12. The van der Waals surface area contributed by atoms with E-state index in [1.54, 1.807) is 0 Å². The molecule has 0 radical (unpaired) electrons. The quantitative estimate of drug-likeness (QED) is 0.818. The van der Waals surface area contributed by atoms with E-state index in [1.807, 2.05) is 32.9 Å². The van der Waals surface area contributed by atoms with E-state index in [-0.39, 0.29) is 18.0 Å². The summed E-state index contributed by atoms with van der Waals surface area (Å²) >= 11 is 0. The molecule has 2 rings (SSSR count). The van der Waals surface area contributed by atoms with Gasteiger partial charge >= 0.3 is 6.09 Å². The fourth-order valence-electron chi connectivity index (χ4n) is 3.37. The van der Waals surface area contributed by atoms with E-state index >= 15 is 0 Å². The summed E-state index contributed by atoms with van der Waals surface area (Å²) in [5, 5.41) is 6.57. The monoisotopic (exact) mass is 350 g/mol. The van der Waals surface area contributed by atoms with Crippen LogP contribution in [0.1, 0.15) is 65.0 Å². The number of carbonyl (C=O) groups is 1. The van der Waals surface area contributed by atoms with Crippen LogP contribution in [0.25, 0.3) is 0 Å². The third-order valence-corrected chi connectivity index (χ3v) is 4.65. The van der Waals surface area contributed by atoms with Gasteiger partial charge in [-0.15, -0.1) is 0 Å². The SMILES string of the molecule is C[C@@H](NC1CCCCC1CNC(=O)OC(C)(C)C)c1ccc(F)cc1. The fourth-order valence-corrected chi connectivity index (χ4v) is 3.37. The highest BCUT2D eigenvalue weighted by molar-refractivity contribution is 5.67. The number of nitrogens with one attached hydrogen (secondary N) is 2. The second-order valence-electron chi connectivity index (χ2n) is 7.97. The van der Waals surface area contributed by atoms with Crippen molar-refractivity contribution in [1.82, 2.24) is 10.6 Å². The molecular formula is C20H31FN2O2. The lowest BCUT2D eigenvalue weighted by Gasteiger charge is -2.35. The van der Waals surface area contributed by atoms with Gasteiger partial charge in [0.15, 0.2) is 0 Å². The van der Waals surface area contributed by atoms with Crippen LogP contribution >= 0.6 is 0 Å². The highest BCUT2D eigenvalue weighted by Crippen LogP contribution is 2.26. The largest absolute Gasteiger partial charge is 0.444 e. The Morgan fingerprint density at radius 3 is 2.52 bits per heavy atom. The van der Waals surface area contributed by atoms with Crippen LogP contribution in [0.3, 0.4) is 0 Å².